The first kappa shape index (κ1) is 23.1. The Morgan fingerprint density at radius 3 is 2.47 bits per heavy atom. The maximum Gasteiger partial charge on any atom is 0.416 e. The summed E-state index contributed by atoms with van der Waals surface area (Å²) < 4.78 is 69.1. The largest absolute Gasteiger partial charge is 0.485 e. The zero-order valence-corrected chi connectivity index (χ0v) is 18.2. The fourth-order valence-corrected chi connectivity index (χ4v) is 3.47. The summed E-state index contributed by atoms with van der Waals surface area (Å²) in [4.78, 5) is 16.5. The standard InChI is InChI=1S/C25H15F4N3O4/c26-16-8-14(7-15(9-16)25(27,28)29)24-31-23(32-36-24)12-34-18-5-6-19-20(33)11-21(35-22(19)10-18)13-1-3-17(30)4-2-13/h1-11H,12,30H2. The summed E-state index contributed by atoms with van der Waals surface area (Å²) in [6, 6.07) is 14.8. The summed E-state index contributed by atoms with van der Waals surface area (Å²) in [5.74, 6) is -0.708. The van der Waals surface area contributed by atoms with Crippen LogP contribution in [0.2, 0.25) is 0 Å². The molecule has 0 bridgehead atoms. The Hall–Kier alpha value is -4.67. The number of halogens is 4. The first-order chi connectivity index (χ1) is 17.2. The molecule has 0 amide bonds. The van der Waals surface area contributed by atoms with Gasteiger partial charge >= 0.3 is 6.18 Å². The summed E-state index contributed by atoms with van der Waals surface area (Å²) in [6.45, 7) is -0.210. The van der Waals surface area contributed by atoms with E-state index in [0.717, 1.165) is 6.07 Å². The van der Waals surface area contributed by atoms with Gasteiger partial charge in [-0.25, -0.2) is 4.39 Å². The highest BCUT2D eigenvalue weighted by atomic mass is 19.4. The number of hydrogen-bond acceptors (Lipinski definition) is 7. The van der Waals surface area contributed by atoms with Gasteiger partial charge in [-0.1, -0.05) is 5.16 Å². The van der Waals surface area contributed by atoms with Crippen LogP contribution in [0, 0.1) is 5.82 Å². The van der Waals surface area contributed by atoms with Crippen LogP contribution in [0.15, 0.2) is 80.5 Å². The van der Waals surface area contributed by atoms with Crippen LogP contribution in [0.25, 0.3) is 33.7 Å². The lowest BCUT2D eigenvalue weighted by atomic mass is 10.1. The number of alkyl halides is 3. The molecular formula is C25H15F4N3O4. The van der Waals surface area contributed by atoms with Crippen LogP contribution < -0.4 is 15.9 Å². The second-order valence-electron chi connectivity index (χ2n) is 7.79. The van der Waals surface area contributed by atoms with E-state index < -0.39 is 17.6 Å². The molecule has 0 saturated heterocycles. The molecule has 5 rings (SSSR count). The van der Waals surface area contributed by atoms with Crippen molar-refractivity contribution >= 4 is 16.7 Å². The monoisotopic (exact) mass is 497 g/mol. The molecule has 36 heavy (non-hydrogen) atoms. The number of hydrogen-bond donors (Lipinski definition) is 1. The SMILES string of the molecule is Nc1ccc(-c2cc(=O)c3ccc(OCc4noc(-c5cc(F)cc(C(F)(F)F)c5)n4)cc3o2)cc1. The van der Waals surface area contributed by atoms with E-state index in [1.807, 2.05) is 0 Å². The third kappa shape index (κ3) is 4.76. The summed E-state index contributed by atoms with van der Waals surface area (Å²) in [7, 11) is 0. The molecule has 2 aromatic heterocycles. The van der Waals surface area contributed by atoms with Gasteiger partial charge < -0.3 is 19.4 Å². The van der Waals surface area contributed by atoms with Crippen LogP contribution in [-0.4, -0.2) is 10.1 Å². The summed E-state index contributed by atoms with van der Waals surface area (Å²) in [5.41, 5.74) is 5.58. The molecule has 0 atom stereocenters. The predicted octanol–water partition coefficient (Wildman–Crippen LogP) is 5.83. The minimum Gasteiger partial charge on any atom is -0.485 e. The van der Waals surface area contributed by atoms with Gasteiger partial charge in [-0.2, -0.15) is 18.2 Å². The van der Waals surface area contributed by atoms with Gasteiger partial charge in [-0.15, -0.1) is 0 Å². The Morgan fingerprint density at radius 2 is 1.72 bits per heavy atom. The van der Waals surface area contributed by atoms with E-state index in [1.165, 1.54) is 18.2 Å². The van der Waals surface area contributed by atoms with Gasteiger partial charge in [-0.3, -0.25) is 4.79 Å². The first-order valence-electron chi connectivity index (χ1n) is 10.4. The lowest BCUT2D eigenvalue weighted by molar-refractivity contribution is -0.137. The van der Waals surface area contributed by atoms with E-state index in [4.69, 9.17) is 19.4 Å². The number of aromatic nitrogens is 2. The molecule has 5 aromatic rings. The Morgan fingerprint density at radius 1 is 0.944 bits per heavy atom. The van der Waals surface area contributed by atoms with E-state index in [-0.39, 0.29) is 34.9 Å². The Bertz CT molecular complexity index is 1630. The third-order valence-electron chi connectivity index (χ3n) is 5.20. The predicted molar refractivity (Wildman–Crippen MR) is 121 cm³/mol. The van der Waals surface area contributed by atoms with Crippen molar-refractivity contribution in [3.63, 3.8) is 0 Å². The topological polar surface area (TPSA) is 104 Å². The maximum atomic E-state index is 13.7. The third-order valence-corrected chi connectivity index (χ3v) is 5.20. The second-order valence-corrected chi connectivity index (χ2v) is 7.79. The van der Waals surface area contributed by atoms with Crippen molar-refractivity contribution in [2.24, 2.45) is 0 Å². The molecule has 3 aromatic carbocycles. The molecule has 2 heterocycles. The van der Waals surface area contributed by atoms with Gasteiger partial charge in [0.2, 0.25) is 5.82 Å². The van der Waals surface area contributed by atoms with Gasteiger partial charge in [0.25, 0.3) is 5.89 Å². The van der Waals surface area contributed by atoms with Crippen molar-refractivity contribution in [1.29, 1.82) is 0 Å². The van der Waals surface area contributed by atoms with Gasteiger partial charge in [0.05, 0.1) is 10.9 Å². The van der Waals surface area contributed by atoms with Gasteiger partial charge in [0, 0.05) is 28.9 Å². The molecule has 0 radical (unpaired) electrons. The number of rotatable bonds is 5. The van der Waals surface area contributed by atoms with Gasteiger partial charge in [0.15, 0.2) is 12.0 Å². The fourth-order valence-electron chi connectivity index (χ4n) is 3.47. The summed E-state index contributed by atoms with van der Waals surface area (Å²) >= 11 is 0. The minimum atomic E-state index is -4.73. The van der Waals surface area contributed by atoms with E-state index in [0.29, 0.717) is 40.3 Å². The maximum absolute atomic E-state index is 13.7. The average molecular weight is 497 g/mol. The van der Waals surface area contributed by atoms with Crippen LogP contribution >= 0.6 is 0 Å². The summed E-state index contributed by atoms with van der Waals surface area (Å²) in [5, 5.41) is 4.01. The summed E-state index contributed by atoms with van der Waals surface area (Å²) in [6.07, 6.45) is -4.73. The molecule has 0 aliphatic heterocycles. The molecule has 2 N–H and O–H groups in total. The molecule has 11 heteroatoms. The molecular weight excluding hydrogens is 482 g/mol. The number of benzene rings is 3. The molecule has 0 spiro atoms. The zero-order chi connectivity index (χ0) is 25.4. The van der Waals surface area contributed by atoms with Crippen molar-refractivity contribution in [3.05, 3.63) is 94.2 Å². The van der Waals surface area contributed by atoms with Crippen LogP contribution in [0.5, 0.6) is 5.75 Å². The van der Waals surface area contributed by atoms with Crippen molar-refractivity contribution in [2.75, 3.05) is 5.73 Å². The average Bonchev–Trinajstić information content (AvgIpc) is 3.31. The smallest absolute Gasteiger partial charge is 0.416 e. The van der Waals surface area contributed by atoms with Crippen LogP contribution in [0.4, 0.5) is 23.2 Å². The van der Waals surface area contributed by atoms with Crippen molar-refractivity contribution in [3.8, 4) is 28.5 Å². The Balaban J connectivity index is 1.37. The van der Waals surface area contributed by atoms with Crippen molar-refractivity contribution in [1.82, 2.24) is 10.1 Å². The highest BCUT2D eigenvalue weighted by Gasteiger charge is 2.32. The molecule has 0 saturated carbocycles. The highest BCUT2D eigenvalue weighted by molar-refractivity contribution is 5.80. The number of anilines is 1. The number of nitrogens with zero attached hydrogens (tertiary/aromatic N) is 2. The quantitative estimate of drug-likeness (QED) is 0.241. The molecule has 0 aliphatic rings. The minimum absolute atomic E-state index is 0.0139. The van der Waals surface area contributed by atoms with E-state index >= 15 is 0 Å². The molecule has 182 valence electrons. The lowest BCUT2D eigenvalue weighted by Gasteiger charge is -2.07. The number of ether oxygens (including phenoxy) is 1. The highest BCUT2D eigenvalue weighted by Crippen LogP contribution is 2.33. The van der Waals surface area contributed by atoms with Crippen LogP contribution in [-0.2, 0) is 12.8 Å². The van der Waals surface area contributed by atoms with Crippen molar-refractivity contribution < 1.29 is 31.2 Å². The second kappa shape index (κ2) is 8.84. The first-order valence-corrected chi connectivity index (χ1v) is 10.4. The molecule has 0 aliphatic carbocycles. The zero-order valence-electron chi connectivity index (χ0n) is 18.2. The Labute approximate surface area is 199 Å². The lowest BCUT2D eigenvalue weighted by Crippen LogP contribution is -2.05. The van der Waals surface area contributed by atoms with E-state index in [2.05, 4.69) is 10.1 Å². The number of nitrogen functional groups attached to an aromatic ring is 1. The van der Waals surface area contributed by atoms with Crippen LogP contribution in [0.1, 0.15) is 11.4 Å². The van der Waals surface area contributed by atoms with E-state index in [9.17, 15) is 22.4 Å². The molecule has 7 nitrogen and oxygen atoms in total. The van der Waals surface area contributed by atoms with Gasteiger partial charge in [-0.05, 0) is 54.6 Å². The van der Waals surface area contributed by atoms with E-state index in [1.54, 1.807) is 30.3 Å². The van der Waals surface area contributed by atoms with Crippen LogP contribution in [0.3, 0.4) is 0 Å². The van der Waals surface area contributed by atoms with Gasteiger partial charge in [0.1, 0.15) is 22.9 Å². The molecule has 0 fully saturated rings. The normalized spacial score (nSPS) is 11.7. The molecule has 0 unspecified atom stereocenters. The van der Waals surface area contributed by atoms with Crippen molar-refractivity contribution in [2.45, 2.75) is 12.8 Å². The number of fused-ring (bicyclic) bond motifs is 1. The fraction of sp³-hybridized carbons (Fsp3) is 0.0800. The Kier molecular flexibility index (Phi) is 5.67. The number of nitrogens with two attached hydrogens (primary N) is 1.